The van der Waals surface area contributed by atoms with E-state index < -0.39 is 0 Å². The molecule has 3 N–H and O–H groups in total. The number of nitrogens with two attached hydrogens (primary N) is 1. The Labute approximate surface area is 140 Å². The molecular formula is C17H19ClN2O3. The Kier molecular flexibility index (Phi) is 6.26. The van der Waals surface area contributed by atoms with Crippen LogP contribution < -0.4 is 15.8 Å². The summed E-state index contributed by atoms with van der Waals surface area (Å²) in [7, 11) is 1.59. The Hall–Kier alpha value is -2.24. The molecule has 0 unspecified atom stereocenters. The topological polar surface area (TPSA) is 73.6 Å². The number of nitrogens with one attached hydrogen (secondary N) is 1. The van der Waals surface area contributed by atoms with Gasteiger partial charge in [0.15, 0.2) is 5.75 Å². The lowest BCUT2D eigenvalue weighted by molar-refractivity contribution is -0.115. The van der Waals surface area contributed by atoms with Crippen LogP contribution in [0.3, 0.4) is 0 Å². The Morgan fingerprint density at radius 2 is 1.91 bits per heavy atom. The molecule has 0 spiro atoms. The van der Waals surface area contributed by atoms with Gasteiger partial charge in [-0.05, 0) is 29.8 Å². The van der Waals surface area contributed by atoms with E-state index in [-0.39, 0.29) is 12.3 Å². The van der Waals surface area contributed by atoms with Crippen molar-refractivity contribution in [3.05, 3.63) is 53.1 Å². The van der Waals surface area contributed by atoms with Crippen LogP contribution in [-0.4, -0.2) is 26.2 Å². The first-order valence-electron chi connectivity index (χ1n) is 7.14. The number of ether oxygens (including phenoxy) is 2. The summed E-state index contributed by atoms with van der Waals surface area (Å²) in [5.74, 6) is 0.283. The first kappa shape index (κ1) is 17.1. The third-order valence-corrected chi connectivity index (χ3v) is 3.42. The molecule has 6 heteroatoms. The molecule has 0 bridgehead atoms. The zero-order valence-corrected chi connectivity index (χ0v) is 13.6. The number of para-hydroxylation sites is 1. The Morgan fingerprint density at radius 1 is 1.17 bits per heavy atom. The highest BCUT2D eigenvalue weighted by atomic mass is 35.5. The summed E-state index contributed by atoms with van der Waals surface area (Å²) in [4.78, 5) is 12.2. The molecule has 2 aromatic rings. The van der Waals surface area contributed by atoms with Crippen molar-refractivity contribution in [1.82, 2.24) is 0 Å². The third-order valence-electron chi connectivity index (χ3n) is 3.12. The van der Waals surface area contributed by atoms with Crippen molar-refractivity contribution < 1.29 is 14.3 Å². The number of hydrogen-bond donors (Lipinski definition) is 2. The molecule has 0 radical (unpaired) electrons. The number of nitrogen functional groups attached to an aromatic ring is 1. The molecule has 0 atom stereocenters. The van der Waals surface area contributed by atoms with Crippen LogP contribution >= 0.6 is 11.6 Å². The van der Waals surface area contributed by atoms with Crippen LogP contribution in [0, 0.1) is 0 Å². The number of carbonyl (C=O) groups is 1. The van der Waals surface area contributed by atoms with Gasteiger partial charge in [-0.1, -0.05) is 29.8 Å². The van der Waals surface area contributed by atoms with Gasteiger partial charge in [-0.15, -0.1) is 0 Å². The summed E-state index contributed by atoms with van der Waals surface area (Å²) in [5, 5.41) is 3.26. The van der Waals surface area contributed by atoms with Crippen molar-refractivity contribution >= 4 is 28.9 Å². The second-order valence-electron chi connectivity index (χ2n) is 4.92. The number of rotatable bonds is 7. The molecule has 122 valence electrons. The second kappa shape index (κ2) is 8.41. The van der Waals surface area contributed by atoms with Crippen LogP contribution in [0.1, 0.15) is 5.56 Å². The van der Waals surface area contributed by atoms with Gasteiger partial charge in [0.05, 0.1) is 23.7 Å². The molecule has 0 aliphatic carbocycles. The molecule has 0 aliphatic rings. The van der Waals surface area contributed by atoms with E-state index in [9.17, 15) is 4.79 Å². The SMILES string of the molecule is COCCOc1c(Cl)cccc1NC(=O)Cc1ccc(N)cc1. The van der Waals surface area contributed by atoms with Gasteiger partial charge in [0.2, 0.25) is 5.91 Å². The Balaban J connectivity index is 2.04. The van der Waals surface area contributed by atoms with E-state index in [1.54, 1.807) is 37.4 Å². The molecule has 0 fully saturated rings. The van der Waals surface area contributed by atoms with E-state index in [4.69, 9.17) is 26.8 Å². The zero-order chi connectivity index (χ0) is 16.7. The lowest BCUT2D eigenvalue weighted by Crippen LogP contribution is -2.16. The van der Waals surface area contributed by atoms with Crippen LogP contribution in [-0.2, 0) is 16.0 Å². The standard InChI is InChI=1S/C17H19ClN2O3/c1-22-9-10-23-17-14(18)3-2-4-15(17)20-16(21)11-12-5-7-13(19)8-6-12/h2-8H,9-11,19H2,1H3,(H,20,21). The Morgan fingerprint density at radius 3 is 2.61 bits per heavy atom. The fourth-order valence-electron chi connectivity index (χ4n) is 2.00. The van der Waals surface area contributed by atoms with Crippen molar-refractivity contribution in [2.24, 2.45) is 0 Å². The highest BCUT2D eigenvalue weighted by Crippen LogP contribution is 2.33. The van der Waals surface area contributed by atoms with Gasteiger partial charge in [-0.3, -0.25) is 4.79 Å². The summed E-state index contributed by atoms with van der Waals surface area (Å²) in [6.45, 7) is 0.783. The van der Waals surface area contributed by atoms with Crippen molar-refractivity contribution in [3.63, 3.8) is 0 Å². The quantitative estimate of drug-likeness (QED) is 0.602. The molecule has 0 saturated carbocycles. The maximum absolute atomic E-state index is 12.2. The molecule has 0 aliphatic heterocycles. The van der Waals surface area contributed by atoms with Crippen LogP contribution in [0.15, 0.2) is 42.5 Å². The van der Waals surface area contributed by atoms with E-state index in [0.29, 0.717) is 35.4 Å². The first-order valence-corrected chi connectivity index (χ1v) is 7.52. The lowest BCUT2D eigenvalue weighted by Gasteiger charge is -2.14. The van der Waals surface area contributed by atoms with Crippen molar-refractivity contribution in [2.45, 2.75) is 6.42 Å². The molecule has 2 rings (SSSR count). The van der Waals surface area contributed by atoms with Crippen molar-refractivity contribution in [3.8, 4) is 5.75 Å². The van der Waals surface area contributed by atoms with Crippen LogP contribution in [0.4, 0.5) is 11.4 Å². The minimum absolute atomic E-state index is 0.159. The van der Waals surface area contributed by atoms with E-state index in [2.05, 4.69) is 5.32 Å². The highest BCUT2D eigenvalue weighted by molar-refractivity contribution is 6.32. The fourth-order valence-corrected chi connectivity index (χ4v) is 2.23. The summed E-state index contributed by atoms with van der Waals surface area (Å²) < 4.78 is 10.5. The van der Waals surface area contributed by atoms with Crippen LogP contribution in [0.2, 0.25) is 5.02 Å². The third kappa shape index (κ3) is 5.16. The fraction of sp³-hybridized carbons (Fsp3) is 0.235. The van der Waals surface area contributed by atoms with Gasteiger partial charge < -0.3 is 20.5 Å². The molecule has 5 nitrogen and oxygen atoms in total. The summed E-state index contributed by atoms with van der Waals surface area (Å²) in [6, 6.07) is 12.4. The molecule has 1 amide bonds. The summed E-state index contributed by atoms with van der Waals surface area (Å²) >= 11 is 6.14. The molecule has 2 aromatic carbocycles. The largest absolute Gasteiger partial charge is 0.487 e. The van der Waals surface area contributed by atoms with Gasteiger partial charge >= 0.3 is 0 Å². The normalized spacial score (nSPS) is 10.3. The molecule has 0 heterocycles. The van der Waals surface area contributed by atoms with Gasteiger partial charge in [0.25, 0.3) is 0 Å². The average Bonchev–Trinajstić information content (AvgIpc) is 2.52. The van der Waals surface area contributed by atoms with Crippen LogP contribution in [0.25, 0.3) is 0 Å². The smallest absolute Gasteiger partial charge is 0.228 e. The Bertz CT molecular complexity index is 659. The second-order valence-corrected chi connectivity index (χ2v) is 5.33. The summed E-state index contributed by atoms with van der Waals surface area (Å²) in [5.41, 5.74) is 7.71. The molecular weight excluding hydrogens is 316 g/mol. The van der Waals surface area contributed by atoms with Gasteiger partial charge in [0, 0.05) is 12.8 Å². The highest BCUT2D eigenvalue weighted by Gasteiger charge is 2.12. The monoisotopic (exact) mass is 334 g/mol. The molecule has 0 saturated heterocycles. The van der Waals surface area contributed by atoms with Gasteiger partial charge in [-0.25, -0.2) is 0 Å². The number of benzene rings is 2. The predicted octanol–water partition coefficient (Wildman–Crippen LogP) is 3.13. The van der Waals surface area contributed by atoms with E-state index in [1.807, 2.05) is 12.1 Å². The first-order chi connectivity index (χ1) is 11.1. The van der Waals surface area contributed by atoms with E-state index in [0.717, 1.165) is 5.56 Å². The zero-order valence-electron chi connectivity index (χ0n) is 12.8. The van der Waals surface area contributed by atoms with Crippen molar-refractivity contribution in [1.29, 1.82) is 0 Å². The minimum Gasteiger partial charge on any atom is -0.487 e. The predicted molar refractivity (Wildman–Crippen MR) is 92.0 cm³/mol. The number of hydrogen-bond acceptors (Lipinski definition) is 4. The number of carbonyl (C=O) groups excluding carboxylic acids is 1. The van der Waals surface area contributed by atoms with Crippen molar-refractivity contribution in [2.75, 3.05) is 31.4 Å². The maximum Gasteiger partial charge on any atom is 0.228 e. The molecule has 0 aromatic heterocycles. The van der Waals surface area contributed by atoms with E-state index >= 15 is 0 Å². The summed E-state index contributed by atoms with van der Waals surface area (Å²) in [6.07, 6.45) is 0.240. The lowest BCUT2D eigenvalue weighted by atomic mass is 10.1. The van der Waals surface area contributed by atoms with Crippen LogP contribution in [0.5, 0.6) is 5.75 Å². The maximum atomic E-state index is 12.2. The number of halogens is 1. The van der Waals surface area contributed by atoms with Gasteiger partial charge in [0.1, 0.15) is 6.61 Å². The average molecular weight is 335 g/mol. The van der Waals surface area contributed by atoms with Gasteiger partial charge in [-0.2, -0.15) is 0 Å². The molecule has 23 heavy (non-hydrogen) atoms. The number of anilines is 2. The van der Waals surface area contributed by atoms with E-state index in [1.165, 1.54) is 0 Å². The number of amides is 1. The minimum atomic E-state index is -0.159. The number of methoxy groups -OCH3 is 1.